The minimum Gasteiger partial charge on any atom is -0.483 e. The second-order valence-corrected chi connectivity index (χ2v) is 6.43. The molecule has 0 aromatic heterocycles. The highest BCUT2D eigenvalue weighted by molar-refractivity contribution is 5.92. The summed E-state index contributed by atoms with van der Waals surface area (Å²) in [5.74, 6) is 0.578. The van der Waals surface area contributed by atoms with E-state index in [0.29, 0.717) is 0 Å². The predicted octanol–water partition coefficient (Wildman–Crippen LogP) is 4.91. The highest BCUT2D eigenvalue weighted by Gasteiger charge is 2.09. The summed E-state index contributed by atoms with van der Waals surface area (Å²) in [5, 5.41) is 2.97. The van der Waals surface area contributed by atoms with E-state index in [-0.39, 0.29) is 12.5 Å². The first-order valence-corrected chi connectivity index (χ1v) is 8.73. The number of ether oxygens (including phenoxy) is 1. The topological polar surface area (TPSA) is 38.3 Å². The molecule has 0 aliphatic heterocycles. The van der Waals surface area contributed by atoms with E-state index in [1.54, 1.807) is 0 Å². The summed E-state index contributed by atoms with van der Waals surface area (Å²) in [7, 11) is 0. The van der Waals surface area contributed by atoms with E-state index in [1.807, 2.05) is 74.5 Å². The van der Waals surface area contributed by atoms with Gasteiger partial charge in [0.05, 0.1) is 0 Å². The van der Waals surface area contributed by atoms with Gasteiger partial charge in [-0.15, -0.1) is 0 Å². The van der Waals surface area contributed by atoms with Gasteiger partial charge in [0, 0.05) is 5.69 Å². The molecule has 132 valence electrons. The van der Waals surface area contributed by atoms with Crippen LogP contribution in [0.3, 0.4) is 0 Å². The maximum absolute atomic E-state index is 12.3. The van der Waals surface area contributed by atoms with E-state index in [9.17, 15) is 4.79 Å². The Morgan fingerprint density at radius 3 is 2.42 bits per heavy atom. The lowest BCUT2D eigenvalue weighted by Gasteiger charge is -2.13. The summed E-state index contributed by atoms with van der Waals surface area (Å²) >= 11 is 0. The molecule has 0 spiro atoms. The van der Waals surface area contributed by atoms with Gasteiger partial charge in [-0.05, 0) is 49.1 Å². The van der Waals surface area contributed by atoms with Crippen molar-refractivity contribution < 1.29 is 9.53 Å². The van der Waals surface area contributed by atoms with Crippen LogP contribution in [0.15, 0.2) is 72.8 Å². The van der Waals surface area contributed by atoms with Gasteiger partial charge in [-0.25, -0.2) is 0 Å². The molecule has 3 aromatic rings. The van der Waals surface area contributed by atoms with Gasteiger partial charge in [0.1, 0.15) is 5.75 Å². The highest BCUT2D eigenvalue weighted by atomic mass is 16.5. The Bertz CT molecular complexity index is 888. The second kappa shape index (κ2) is 8.34. The van der Waals surface area contributed by atoms with Crippen molar-refractivity contribution in [3.63, 3.8) is 0 Å². The number of hydrogen-bond acceptors (Lipinski definition) is 2. The number of para-hydroxylation sites is 1. The number of rotatable bonds is 6. The average molecular weight is 345 g/mol. The normalized spacial score (nSPS) is 10.4. The number of amides is 1. The largest absolute Gasteiger partial charge is 0.483 e. The van der Waals surface area contributed by atoms with Crippen LogP contribution < -0.4 is 10.1 Å². The fourth-order valence-corrected chi connectivity index (χ4v) is 2.90. The summed E-state index contributed by atoms with van der Waals surface area (Å²) in [6.45, 7) is 4.01. The molecule has 1 amide bonds. The van der Waals surface area contributed by atoms with Crippen LogP contribution in [-0.2, 0) is 11.2 Å². The first-order valence-electron chi connectivity index (χ1n) is 8.73. The molecule has 0 fully saturated rings. The Hall–Kier alpha value is -3.07. The van der Waals surface area contributed by atoms with Crippen LogP contribution in [0.5, 0.6) is 5.75 Å². The second-order valence-electron chi connectivity index (χ2n) is 6.43. The molecule has 26 heavy (non-hydrogen) atoms. The summed E-state index contributed by atoms with van der Waals surface area (Å²) in [5.41, 5.74) is 5.32. The van der Waals surface area contributed by atoms with Gasteiger partial charge >= 0.3 is 0 Å². The van der Waals surface area contributed by atoms with Crippen molar-refractivity contribution in [1.82, 2.24) is 0 Å². The summed E-state index contributed by atoms with van der Waals surface area (Å²) in [6, 6.07) is 24.0. The number of nitrogens with one attached hydrogen (secondary N) is 1. The van der Waals surface area contributed by atoms with Crippen molar-refractivity contribution in [2.24, 2.45) is 0 Å². The lowest BCUT2D eigenvalue weighted by molar-refractivity contribution is -0.118. The molecule has 0 heterocycles. The van der Waals surface area contributed by atoms with Crippen molar-refractivity contribution in [2.75, 3.05) is 11.9 Å². The summed E-state index contributed by atoms with van der Waals surface area (Å²) in [4.78, 5) is 12.3. The van der Waals surface area contributed by atoms with E-state index < -0.39 is 0 Å². The van der Waals surface area contributed by atoms with Gasteiger partial charge in [0.25, 0.3) is 5.91 Å². The van der Waals surface area contributed by atoms with E-state index in [1.165, 1.54) is 11.1 Å². The molecule has 3 rings (SSSR count). The Labute approximate surface area is 154 Å². The molecule has 3 nitrogen and oxygen atoms in total. The quantitative estimate of drug-likeness (QED) is 0.689. The Morgan fingerprint density at radius 1 is 0.923 bits per heavy atom. The summed E-state index contributed by atoms with van der Waals surface area (Å²) in [6.07, 6.45) is 0.773. The highest BCUT2D eigenvalue weighted by Crippen LogP contribution is 2.20. The third-order valence-electron chi connectivity index (χ3n) is 4.22. The van der Waals surface area contributed by atoms with Gasteiger partial charge in [0.15, 0.2) is 6.61 Å². The van der Waals surface area contributed by atoms with Crippen LogP contribution in [0, 0.1) is 13.8 Å². The maximum Gasteiger partial charge on any atom is 0.262 e. The van der Waals surface area contributed by atoms with Gasteiger partial charge < -0.3 is 10.1 Å². The van der Waals surface area contributed by atoms with E-state index in [2.05, 4.69) is 17.4 Å². The zero-order valence-corrected chi connectivity index (χ0v) is 15.2. The van der Waals surface area contributed by atoms with Crippen LogP contribution in [0.4, 0.5) is 5.69 Å². The third kappa shape index (κ3) is 4.73. The zero-order chi connectivity index (χ0) is 18.4. The number of benzene rings is 3. The van der Waals surface area contributed by atoms with Gasteiger partial charge in [0.2, 0.25) is 0 Å². The molecule has 0 atom stereocenters. The Kier molecular flexibility index (Phi) is 5.69. The molecule has 3 heteroatoms. The zero-order valence-electron chi connectivity index (χ0n) is 15.2. The third-order valence-corrected chi connectivity index (χ3v) is 4.22. The monoisotopic (exact) mass is 345 g/mol. The molecule has 0 aliphatic carbocycles. The lowest BCUT2D eigenvalue weighted by atomic mass is 10.0. The van der Waals surface area contributed by atoms with Crippen molar-refractivity contribution in [2.45, 2.75) is 20.3 Å². The van der Waals surface area contributed by atoms with Crippen LogP contribution in [0.2, 0.25) is 0 Å². The molecular formula is C23H23NO2. The molecule has 0 radical (unpaired) electrons. The van der Waals surface area contributed by atoms with E-state index in [0.717, 1.165) is 29.0 Å². The standard InChI is InChI=1S/C23H23NO2/c1-17-12-13-22(18(2)14-17)26-16-23(25)24-21-11-7-6-10-20(21)15-19-8-4-3-5-9-19/h3-14H,15-16H2,1-2H3,(H,24,25). The SMILES string of the molecule is Cc1ccc(OCC(=O)Nc2ccccc2Cc2ccccc2)c(C)c1. The molecule has 0 saturated heterocycles. The number of carbonyl (C=O) groups is 1. The van der Waals surface area contributed by atoms with Crippen LogP contribution in [0.1, 0.15) is 22.3 Å². The van der Waals surface area contributed by atoms with E-state index in [4.69, 9.17) is 4.74 Å². The lowest BCUT2D eigenvalue weighted by Crippen LogP contribution is -2.21. The van der Waals surface area contributed by atoms with Crippen molar-refractivity contribution >= 4 is 11.6 Å². The molecular weight excluding hydrogens is 322 g/mol. The van der Waals surface area contributed by atoms with Crippen molar-refractivity contribution in [3.8, 4) is 5.75 Å². The number of carbonyl (C=O) groups excluding carboxylic acids is 1. The van der Waals surface area contributed by atoms with Crippen LogP contribution >= 0.6 is 0 Å². The fourth-order valence-electron chi connectivity index (χ4n) is 2.90. The first-order chi connectivity index (χ1) is 12.6. The first kappa shape index (κ1) is 17.7. The maximum atomic E-state index is 12.3. The van der Waals surface area contributed by atoms with Crippen molar-refractivity contribution in [1.29, 1.82) is 0 Å². The molecule has 3 aromatic carbocycles. The summed E-state index contributed by atoms with van der Waals surface area (Å²) < 4.78 is 5.67. The molecule has 0 saturated carbocycles. The van der Waals surface area contributed by atoms with Gasteiger partial charge in [-0.2, -0.15) is 0 Å². The smallest absolute Gasteiger partial charge is 0.262 e. The molecule has 0 aliphatic rings. The fraction of sp³-hybridized carbons (Fsp3) is 0.174. The molecule has 0 unspecified atom stereocenters. The van der Waals surface area contributed by atoms with Gasteiger partial charge in [-0.1, -0.05) is 66.2 Å². The van der Waals surface area contributed by atoms with Crippen molar-refractivity contribution in [3.05, 3.63) is 95.1 Å². The molecule has 0 bridgehead atoms. The number of aryl methyl sites for hydroxylation is 2. The van der Waals surface area contributed by atoms with Crippen LogP contribution in [0.25, 0.3) is 0 Å². The van der Waals surface area contributed by atoms with E-state index >= 15 is 0 Å². The molecule has 1 N–H and O–H groups in total. The Morgan fingerprint density at radius 2 is 1.65 bits per heavy atom. The Balaban J connectivity index is 1.64. The van der Waals surface area contributed by atoms with Crippen LogP contribution in [-0.4, -0.2) is 12.5 Å². The average Bonchev–Trinajstić information content (AvgIpc) is 2.63. The van der Waals surface area contributed by atoms with Gasteiger partial charge in [-0.3, -0.25) is 4.79 Å². The number of hydrogen-bond donors (Lipinski definition) is 1. The minimum absolute atomic E-state index is 0.0103. The number of anilines is 1. The minimum atomic E-state index is -0.162. The predicted molar refractivity (Wildman–Crippen MR) is 106 cm³/mol.